The molecule has 1 rings (SSSR count). The van der Waals surface area contributed by atoms with Crippen LogP contribution < -0.4 is 0 Å². The number of carbonyl (C=O) groups is 1. The molecule has 21 heavy (non-hydrogen) atoms. The Morgan fingerprint density at radius 1 is 1.33 bits per heavy atom. The first-order valence-corrected chi connectivity index (χ1v) is 7.07. The highest BCUT2D eigenvalue weighted by Gasteiger charge is 2.16. The first-order valence-electron chi connectivity index (χ1n) is 7.07. The fraction of sp³-hybridized carbons (Fsp3) is 0.471. The SMILES string of the molecule is COC(=O)C/C=C(\C)[C@H](C)[C@H](O)COCc1ccccc1. The van der Waals surface area contributed by atoms with Crippen LogP contribution in [0.5, 0.6) is 0 Å². The van der Waals surface area contributed by atoms with Crippen molar-refractivity contribution in [1.82, 2.24) is 0 Å². The van der Waals surface area contributed by atoms with Crippen molar-refractivity contribution in [2.45, 2.75) is 33.0 Å². The Morgan fingerprint density at radius 3 is 2.62 bits per heavy atom. The van der Waals surface area contributed by atoms with Gasteiger partial charge in [-0.1, -0.05) is 48.9 Å². The lowest BCUT2D eigenvalue weighted by molar-refractivity contribution is -0.139. The zero-order valence-corrected chi connectivity index (χ0v) is 12.9. The molecule has 2 atom stereocenters. The van der Waals surface area contributed by atoms with Crippen LogP contribution in [0.2, 0.25) is 0 Å². The third-order valence-electron chi connectivity index (χ3n) is 3.51. The van der Waals surface area contributed by atoms with Gasteiger partial charge < -0.3 is 14.6 Å². The molecule has 1 aromatic carbocycles. The number of hydrogen-bond acceptors (Lipinski definition) is 4. The van der Waals surface area contributed by atoms with Crippen molar-refractivity contribution in [3.8, 4) is 0 Å². The highest BCUT2D eigenvalue weighted by molar-refractivity contribution is 5.71. The Kier molecular flexibility index (Phi) is 7.72. The predicted octanol–water partition coefficient (Wildman–Crippen LogP) is 2.71. The van der Waals surface area contributed by atoms with Gasteiger partial charge in [-0.15, -0.1) is 0 Å². The quantitative estimate of drug-likeness (QED) is 0.591. The Balaban J connectivity index is 2.36. The summed E-state index contributed by atoms with van der Waals surface area (Å²) in [5.74, 6) is -0.346. The van der Waals surface area contributed by atoms with E-state index in [9.17, 15) is 9.90 Å². The molecule has 0 aromatic heterocycles. The van der Waals surface area contributed by atoms with E-state index in [1.807, 2.05) is 44.2 Å². The molecular formula is C17H24O4. The van der Waals surface area contributed by atoms with Crippen molar-refractivity contribution in [1.29, 1.82) is 0 Å². The topological polar surface area (TPSA) is 55.8 Å². The summed E-state index contributed by atoms with van der Waals surface area (Å²) < 4.78 is 10.1. The summed E-state index contributed by atoms with van der Waals surface area (Å²) in [7, 11) is 1.36. The van der Waals surface area contributed by atoms with Crippen molar-refractivity contribution in [2.75, 3.05) is 13.7 Å². The van der Waals surface area contributed by atoms with Gasteiger partial charge in [0.05, 0.1) is 32.8 Å². The molecule has 0 saturated carbocycles. The second kappa shape index (κ2) is 9.32. The van der Waals surface area contributed by atoms with Crippen LogP contribution in [-0.4, -0.2) is 30.9 Å². The minimum atomic E-state index is -0.595. The Hall–Kier alpha value is -1.65. The van der Waals surface area contributed by atoms with Crippen LogP contribution in [-0.2, 0) is 20.9 Å². The van der Waals surface area contributed by atoms with Gasteiger partial charge in [-0.3, -0.25) is 4.79 Å². The Morgan fingerprint density at radius 2 is 2.00 bits per heavy atom. The van der Waals surface area contributed by atoms with Crippen LogP contribution >= 0.6 is 0 Å². The molecule has 0 heterocycles. The van der Waals surface area contributed by atoms with Crippen molar-refractivity contribution in [3.63, 3.8) is 0 Å². The maximum absolute atomic E-state index is 11.1. The van der Waals surface area contributed by atoms with E-state index in [2.05, 4.69) is 4.74 Å². The molecular weight excluding hydrogens is 268 g/mol. The maximum atomic E-state index is 11.1. The minimum Gasteiger partial charge on any atom is -0.469 e. The van der Waals surface area contributed by atoms with Gasteiger partial charge in [-0.05, 0) is 12.5 Å². The monoisotopic (exact) mass is 292 g/mol. The average molecular weight is 292 g/mol. The van der Waals surface area contributed by atoms with E-state index in [1.165, 1.54) is 7.11 Å². The summed E-state index contributed by atoms with van der Waals surface area (Å²) in [6, 6.07) is 9.83. The summed E-state index contributed by atoms with van der Waals surface area (Å²) in [6.07, 6.45) is 1.42. The number of methoxy groups -OCH3 is 1. The Bertz CT molecular complexity index is 453. The number of ether oxygens (including phenoxy) is 2. The van der Waals surface area contributed by atoms with Gasteiger partial charge in [0.1, 0.15) is 0 Å². The second-order valence-electron chi connectivity index (χ2n) is 5.09. The van der Waals surface area contributed by atoms with Gasteiger partial charge in [-0.2, -0.15) is 0 Å². The molecule has 4 nitrogen and oxygen atoms in total. The molecule has 1 aromatic rings. The molecule has 0 aliphatic rings. The molecule has 1 N–H and O–H groups in total. The predicted molar refractivity (Wildman–Crippen MR) is 81.7 cm³/mol. The third kappa shape index (κ3) is 6.56. The smallest absolute Gasteiger partial charge is 0.309 e. The van der Waals surface area contributed by atoms with Crippen LogP contribution in [0.4, 0.5) is 0 Å². The van der Waals surface area contributed by atoms with Crippen LogP contribution in [0.15, 0.2) is 42.0 Å². The summed E-state index contributed by atoms with van der Waals surface area (Å²) >= 11 is 0. The Labute approximate surface area is 126 Å². The number of carbonyl (C=O) groups excluding carboxylic acids is 1. The molecule has 4 heteroatoms. The maximum Gasteiger partial charge on any atom is 0.309 e. The number of benzene rings is 1. The summed E-state index contributed by atoms with van der Waals surface area (Å²) in [5, 5.41) is 10.1. The van der Waals surface area contributed by atoms with Crippen LogP contribution in [0.25, 0.3) is 0 Å². The van der Waals surface area contributed by atoms with E-state index >= 15 is 0 Å². The van der Waals surface area contributed by atoms with E-state index in [0.29, 0.717) is 6.61 Å². The van der Waals surface area contributed by atoms with Crippen LogP contribution in [0.3, 0.4) is 0 Å². The van der Waals surface area contributed by atoms with Crippen LogP contribution in [0, 0.1) is 5.92 Å². The van der Waals surface area contributed by atoms with Gasteiger partial charge in [0.15, 0.2) is 0 Å². The van der Waals surface area contributed by atoms with Gasteiger partial charge in [0, 0.05) is 5.92 Å². The molecule has 0 saturated heterocycles. The summed E-state index contributed by atoms with van der Waals surface area (Å²) in [4.78, 5) is 11.1. The highest BCUT2D eigenvalue weighted by atomic mass is 16.5. The molecule has 0 radical (unpaired) electrons. The lowest BCUT2D eigenvalue weighted by atomic mass is 9.96. The fourth-order valence-corrected chi connectivity index (χ4v) is 1.83. The summed E-state index contributed by atoms with van der Waals surface area (Å²) in [6.45, 7) is 4.56. The van der Waals surface area contributed by atoms with E-state index < -0.39 is 6.10 Å². The number of rotatable bonds is 8. The van der Waals surface area contributed by atoms with E-state index in [-0.39, 0.29) is 24.9 Å². The molecule has 0 bridgehead atoms. The van der Waals surface area contributed by atoms with Gasteiger partial charge in [-0.25, -0.2) is 0 Å². The number of hydrogen-bond donors (Lipinski definition) is 1. The van der Waals surface area contributed by atoms with E-state index in [0.717, 1.165) is 11.1 Å². The van der Waals surface area contributed by atoms with E-state index in [1.54, 1.807) is 6.08 Å². The van der Waals surface area contributed by atoms with Gasteiger partial charge in [0.2, 0.25) is 0 Å². The zero-order valence-electron chi connectivity index (χ0n) is 12.9. The second-order valence-corrected chi connectivity index (χ2v) is 5.09. The number of aliphatic hydroxyl groups excluding tert-OH is 1. The minimum absolute atomic E-state index is 0.0644. The average Bonchev–Trinajstić information content (AvgIpc) is 2.52. The fourth-order valence-electron chi connectivity index (χ4n) is 1.83. The largest absolute Gasteiger partial charge is 0.469 e. The van der Waals surface area contributed by atoms with Crippen molar-refractivity contribution < 1.29 is 19.4 Å². The first-order chi connectivity index (χ1) is 10.0. The van der Waals surface area contributed by atoms with Gasteiger partial charge in [0.25, 0.3) is 0 Å². The molecule has 0 fully saturated rings. The number of esters is 1. The highest BCUT2D eigenvalue weighted by Crippen LogP contribution is 2.16. The molecule has 0 aliphatic carbocycles. The summed E-state index contributed by atoms with van der Waals surface area (Å²) in [5.41, 5.74) is 2.03. The van der Waals surface area contributed by atoms with Crippen LogP contribution in [0.1, 0.15) is 25.8 Å². The van der Waals surface area contributed by atoms with Crippen molar-refractivity contribution >= 4 is 5.97 Å². The number of aliphatic hydroxyl groups is 1. The standard InChI is InChI=1S/C17H24O4/c1-13(9-10-17(19)20-3)14(2)16(18)12-21-11-15-7-5-4-6-8-15/h4-9,14,16,18H,10-12H2,1-3H3/b13-9+/t14-,16+/m0/s1. The van der Waals surface area contributed by atoms with Crippen molar-refractivity contribution in [2.24, 2.45) is 5.92 Å². The van der Waals surface area contributed by atoms with Crippen molar-refractivity contribution in [3.05, 3.63) is 47.5 Å². The third-order valence-corrected chi connectivity index (χ3v) is 3.51. The van der Waals surface area contributed by atoms with E-state index in [4.69, 9.17) is 4.74 Å². The molecule has 0 amide bonds. The molecule has 0 unspecified atom stereocenters. The molecule has 0 spiro atoms. The molecule has 116 valence electrons. The molecule has 0 aliphatic heterocycles. The first kappa shape index (κ1) is 17.4. The lowest BCUT2D eigenvalue weighted by Crippen LogP contribution is -2.24. The normalized spacial score (nSPS) is 14.6. The van der Waals surface area contributed by atoms with Gasteiger partial charge >= 0.3 is 5.97 Å². The zero-order chi connectivity index (χ0) is 15.7. The lowest BCUT2D eigenvalue weighted by Gasteiger charge is -2.19.